The second kappa shape index (κ2) is 7.70. The number of hydrogen-bond acceptors (Lipinski definition) is 6. The van der Waals surface area contributed by atoms with Crippen LogP contribution in [0.1, 0.15) is 49.7 Å². The summed E-state index contributed by atoms with van der Waals surface area (Å²) in [5.74, 6) is 2.35. The van der Waals surface area contributed by atoms with E-state index in [4.69, 9.17) is 0 Å². The van der Waals surface area contributed by atoms with Crippen LogP contribution >= 0.6 is 11.8 Å². The molecule has 0 atom stereocenters. The number of benzene rings is 2. The van der Waals surface area contributed by atoms with Gasteiger partial charge in [0.05, 0.1) is 10.6 Å². The van der Waals surface area contributed by atoms with Crippen molar-refractivity contribution >= 4 is 39.6 Å². The summed E-state index contributed by atoms with van der Waals surface area (Å²) in [4.78, 5) is 37.6. The second-order valence-electron chi connectivity index (χ2n) is 10.3. The lowest BCUT2D eigenvalue weighted by Crippen LogP contribution is -2.48. The molecule has 1 amide bonds. The lowest BCUT2D eigenvalue weighted by atomic mass is 9.48. The number of nitro benzene ring substituents is 1. The highest BCUT2D eigenvalue weighted by Crippen LogP contribution is 2.62. The van der Waals surface area contributed by atoms with Crippen molar-refractivity contribution in [1.82, 2.24) is 0 Å². The Kier molecular flexibility index (Phi) is 4.85. The van der Waals surface area contributed by atoms with E-state index in [1.807, 2.05) is 6.07 Å². The number of carbonyl (C=O) groups excluding carboxylic acids is 2. The molecule has 1 aliphatic heterocycles. The van der Waals surface area contributed by atoms with Gasteiger partial charge in [0.15, 0.2) is 0 Å². The van der Waals surface area contributed by atoms with E-state index in [0.29, 0.717) is 40.8 Å². The minimum Gasteiger partial charge on any atom is -0.508 e. The van der Waals surface area contributed by atoms with Crippen LogP contribution in [0.15, 0.2) is 48.2 Å². The number of phenolic OH excluding ortho intramolecular Hbond substituents is 1. The Morgan fingerprint density at radius 2 is 1.71 bits per heavy atom. The first-order valence-electron chi connectivity index (χ1n) is 11.7. The number of rotatable bonds is 4. The number of phenols is 1. The number of nitrogens with zero attached hydrogens (tertiary/aromatic N) is 2. The summed E-state index contributed by atoms with van der Waals surface area (Å²) in [5.41, 5.74) is 1.91. The number of non-ortho nitro benzene ring substituents is 1. The zero-order valence-corrected chi connectivity index (χ0v) is 19.3. The van der Waals surface area contributed by atoms with Crippen molar-refractivity contribution in [3.05, 3.63) is 69.4 Å². The molecule has 34 heavy (non-hydrogen) atoms. The van der Waals surface area contributed by atoms with Gasteiger partial charge in [-0.15, -0.1) is 0 Å². The number of nitro groups is 1. The summed E-state index contributed by atoms with van der Waals surface area (Å²) < 4.78 is 0. The van der Waals surface area contributed by atoms with Gasteiger partial charge in [-0.05, 0) is 91.5 Å². The molecule has 0 spiro atoms. The number of aromatic hydroxyl groups is 1. The van der Waals surface area contributed by atoms with Crippen molar-refractivity contribution in [3.63, 3.8) is 0 Å². The van der Waals surface area contributed by atoms with Gasteiger partial charge in [-0.25, -0.2) is 0 Å². The monoisotopic (exact) mass is 476 g/mol. The van der Waals surface area contributed by atoms with Crippen LogP contribution in [-0.4, -0.2) is 20.4 Å². The zero-order chi connectivity index (χ0) is 23.6. The Bertz CT molecular complexity index is 1230. The van der Waals surface area contributed by atoms with Crippen molar-refractivity contribution < 1.29 is 19.6 Å². The molecular formula is C26H24N2O5S. The Hall–Kier alpha value is -3.13. The standard InChI is InChI=1S/C26H24N2O5S/c29-23-5-4-19(11-21(23)26-12-16-6-17(13-26)8-18(7-16)14-26)27-22(24(30)34-25(27)31)10-15-2-1-3-20(9-15)28(32)33/h1-5,9-11,16-18,29H,6-8,12-14H2. The van der Waals surface area contributed by atoms with Gasteiger partial charge in [0.2, 0.25) is 5.12 Å². The lowest BCUT2D eigenvalue weighted by molar-refractivity contribution is -0.384. The molecule has 2 aromatic rings. The molecule has 1 heterocycles. The molecule has 1 N–H and O–H groups in total. The largest absolute Gasteiger partial charge is 0.508 e. The van der Waals surface area contributed by atoms with Gasteiger partial charge in [-0.2, -0.15) is 0 Å². The third-order valence-corrected chi connectivity index (χ3v) is 8.80. The van der Waals surface area contributed by atoms with Gasteiger partial charge in [0, 0.05) is 29.5 Å². The van der Waals surface area contributed by atoms with Crippen LogP contribution in [0, 0.1) is 27.9 Å². The second-order valence-corrected chi connectivity index (χ2v) is 11.2. The molecule has 7 rings (SSSR count). The summed E-state index contributed by atoms with van der Waals surface area (Å²) in [6, 6.07) is 11.2. The predicted octanol–water partition coefficient (Wildman–Crippen LogP) is 6.01. The Morgan fingerprint density at radius 1 is 1.03 bits per heavy atom. The molecule has 0 radical (unpaired) electrons. The van der Waals surface area contributed by atoms with Crippen LogP contribution in [0.25, 0.3) is 6.08 Å². The molecule has 5 aliphatic rings. The molecule has 4 bridgehead atoms. The molecule has 1 saturated heterocycles. The maximum absolute atomic E-state index is 12.9. The summed E-state index contributed by atoms with van der Waals surface area (Å²) in [5, 5.41) is 21.2. The fourth-order valence-electron chi connectivity index (χ4n) is 7.15. The van der Waals surface area contributed by atoms with Crippen LogP contribution < -0.4 is 4.90 Å². The highest BCUT2D eigenvalue weighted by atomic mass is 32.2. The maximum atomic E-state index is 12.9. The third kappa shape index (κ3) is 3.43. The number of amides is 1. The maximum Gasteiger partial charge on any atom is 0.298 e. The van der Waals surface area contributed by atoms with Crippen LogP contribution in [0.5, 0.6) is 5.75 Å². The van der Waals surface area contributed by atoms with Gasteiger partial charge in [-0.1, -0.05) is 12.1 Å². The van der Waals surface area contributed by atoms with E-state index < -0.39 is 15.3 Å². The molecule has 8 heteroatoms. The van der Waals surface area contributed by atoms with Crippen LogP contribution in [-0.2, 0) is 10.2 Å². The predicted molar refractivity (Wildman–Crippen MR) is 130 cm³/mol. The Labute approximate surface area is 201 Å². The van der Waals surface area contributed by atoms with E-state index in [2.05, 4.69) is 0 Å². The first-order valence-corrected chi connectivity index (χ1v) is 12.5. The minimum atomic E-state index is -0.492. The van der Waals surface area contributed by atoms with E-state index in [1.165, 1.54) is 42.4 Å². The molecule has 4 saturated carbocycles. The van der Waals surface area contributed by atoms with E-state index in [0.717, 1.165) is 24.8 Å². The molecule has 2 aromatic carbocycles. The van der Waals surface area contributed by atoms with Crippen molar-refractivity contribution in [3.8, 4) is 5.75 Å². The Balaban J connectivity index is 1.40. The lowest BCUT2D eigenvalue weighted by Gasteiger charge is -2.57. The topological polar surface area (TPSA) is 101 Å². The van der Waals surface area contributed by atoms with Crippen LogP contribution in [0.4, 0.5) is 16.2 Å². The van der Waals surface area contributed by atoms with E-state index in [-0.39, 0.29) is 22.5 Å². The van der Waals surface area contributed by atoms with Crippen LogP contribution in [0.2, 0.25) is 0 Å². The van der Waals surface area contributed by atoms with E-state index >= 15 is 0 Å². The fraction of sp³-hybridized carbons (Fsp3) is 0.385. The molecule has 0 aromatic heterocycles. The van der Waals surface area contributed by atoms with Gasteiger partial charge in [0.25, 0.3) is 10.9 Å². The molecule has 7 nitrogen and oxygen atoms in total. The average Bonchev–Trinajstić information content (AvgIpc) is 3.06. The van der Waals surface area contributed by atoms with Crippen molar-refractivity contribution in [1.29, 1.82) is 0 Å². The average molecular weight is 477 g/mol. The van der Waals surface area contributed by atoms with E-state index in [1.54, 1.807) is 24.3 Å². The summed E-state index contributed by atoms with van der Waals surface area (Å²) in [7, 11) is 0. The molecular weight excluding hydrogens is 452 g/mol. The van der Waals surface area contributed by atoms with Crippen LogP contribution in [0.3, 0.4) is 0 Å². The number of hydrogen-bond donors (Lipinski definition) is 1. The molecule has 0 unspecified atom stereocenters. The highest BCUT2D eigenvalue weighted by molar-refractivity contribution is 8.27. The fourth-order valence-corrected chi connectivity index (χ4v) is 7.86. The molecule has 174 valence electrons. The van der Waals surface area contributed by atoms with E-state index in [9.17, 15) is 24.8 Å². The SMILES string of the molecule is O=C1SC(=O)N(c2ccc(O)c(C34CC5CC(CC(C5)C3)C4)c2)C1=Cc1cccc([N+](=O)[O-])c1. The van der Waals surface area contributed by atoms with Gasteiger partial charge in [-0.3, -0.25) is 24.6 Å². The minimum absolute atomic E-state index is 0.0707. The number of anilines is 1. The summed E-state index contributed by atoms with van der Waals surface area (Å²) >= 11 is 0.614. The highest BCUT2D eigenvalue weighted by Gasteiger charge is 2.52. The summed E-state index contributed by atoms with van der Waals surface area (Å²) in [6.07, 6.45) is 8.56. The smallest absolute Gasteiger partial charge is 0.298 e. The first kappa shape index (κ1) is 21.4. The van der Waals surface area contributed by atoms with Crippen molar-refractivity contribution in [2.45, 2.75) is 43.9 Å². The van der Waals surface area contributed by atoms with Gasteiger partial charge < -0.3 is 5.11 Å². The Morgan fingerprint density at radius 3 is 2.35 bits per heavy atom. The van der Waals surface area contributed by atoms with Gasteiger partial charge in [0.1, 0.15) is 11.4 Å². The first-order chi connectivity index (χ1) is 16.3. The van der Waals surface area contributed by atoms with Crippen molar-refractivity contribution in [2.75, 3.05) is 4.90 Å². The third-order valence-electron chi connectivity index (χ3n) is 8.04. The van der Waals surface area contributed by atoms with Crippen molar-refractivity contribution in [2.24, 2.45) is 17.8 Å². The quantitative estimate of drug-likeness (QED) is 0.329. The van der Waals surface area contributed by atoms with Gasteiger partial charge >= 0.3 is 0 Å². The molecule has 5 fully saturated rings. The zero-order valence-electron chi connectivity index (χ0n) is 18.5. The number of carbonyl (C=O) groups is 2. The normalized spacial score (nSPS) is 31.0. The molecule has 4 aliphatic carbocycles. The number of thioether (sulfide) groups is 1. The summed E-state index contributed by atoms with van der Waals surface area (Å²) in [6.45, 7) is 0.